The Morgan fingerprint density at radius 1 is 1.11 bits per heavy atom. The second-order valence-electron chi connectivity index (χ2n) is 6.51. The molecule has 136 valence electrons. The van der Waals surface area contributed by atoms with Crippen LogP contribution in [0.5, 0.6) is 0 Å². The summed E-state index contributed by atoms with van der Waals surface area (Å²) in [6, 6.07) is 12.2. The highest BCUT2D eigenvalue weighted by molar-refractivity contribution is 5.87. The molecule has 1 N–H and O–H groups in total. The van der Waals surface area contributed by atoms with Crippen LogP contribution in [0.3, 0.4) is 0 Å². The molecule has 1 unspecified atom stereocenters. The molecule has 4 heterocycles. The van der Waals surface area contributed by atoms with Gasteiger partial charge in [0.2, 0.25) is 0 Å². The van der Waals surface area contributed by atoms with Crippen LogP contribution in [-0.4, -0.2) is 49.5 Å². The van der Waals surface area contributed by atoms with Crippen molar-refractivity contribution in [3.8, 4) is 0 Å². The van der Waals surface area contributed by atoms with Crippen molar-refractivity contribution in [2.75, 3.05) is 24.7 Å². The molecular weight excluding hydrogens is 342 g/mol. The number of hydrogen-bond donors (Lipinski definition) is 1. The first-order valence-corrected chi connectivity index (χ1v) is 8.94. The van der Waals surface area contributed by atoms with E-state index in [1.165, 1.54) is 5.56 Å². The molecule has 8 nitrogen and oxygen atoms in total. The highest BCUT2D eigenvalue weighted by Gasteiger charge is 2.30. The van der Waals surface area contributed by atoms with Crippen molar-refractivity contribution < 1.29 is 4.74 Å². The predicted octanol–water partition coefficient (Wildman–Crippen LogP) is 2.18. The number of aromatic nitrogens is 6. The molecule has 0 saturated carbocycles. The lowest BCUT2D eigenvalue weighted by atomic mass is 10.2. The normalized spacial score (nSPS) is 17.5. The zero-order valence-corrected chi connectivity index (χ0v) is 14.7. The summed E-state index contributed by atoms with van der Waals surface area (Å²) in [6.07, 6.45) is 5.24. The van der Waals surface area contributed by atoms with E-state index in [0.717, 1.165) is 29.2 Å². The van der Waals surface area contributed by atoms with E-state index in [1.54, 1.807) is 12.7 Å². The van der Waals surface area contributed by atoms with Gasteiger partial charge in [0.25, 0.3) is 0 Å². The smallest absolute Gasteiger partial charge is 0.175 e. The molecule has 0 bridgehead atoms. The zero-order chi connectivity index (χ0) is 18.1. The summed E-state index contributed by atoms with van der Waals surface area (Å²) in [5, 5.41) is 5.70. The number of fused-ring (bicyclic) bond motifs is 1. The minimum absolute atomic E-state index is 0.0798. The average Bonchev–Trinajstić information content (AvgIpc) is 3.38. The summed E-state index contributed by atoms with van der Waals surface area (Å²) in [6.45, 7) is 2.61. The van der Waals surface area contributed by atoms with E-state index in [9.17, 15) is 0 Å². The van der Waals surface area contributed by atoms with Crippen LogP contribution in [0.25, 0.3) is 11.0 Å². The number of morpholine rings is 1. The monoisotopic (exact) mass is 361 g/mol. The van der Waals surface area contributed by atoms with Gasteiger partial charge in [0.05, 0.1) is 25.1 Å². The van der Waals surface area contributed by atoms with Crippen LogP contribution in [0, 0.1) is 0 Å². The highest BCUT2D eigenvalue weighted by Crippen LogP contribution is 2.30. The van der Waals surface area contributed by atoms with Crippen LogP contribution < -0.4 is 4.90 Å². The standard InChI is InChI=1S/C19H19N7O/c1-2-4-14(5-3-1)10-25-13-23-18(24-25)16-11-27-9-8-26(16)19-15-6-7-20-17(15)21-12-22-19/h1-7,12-13,16H,8-11H2,(H,20,21,22). The van der Waals surface area contributed by atoms with Gasteiger partial charge in [-0.3, -0.25) is 0 Å². The maximum Gasteiger partial charge on any atom is 0.175 e. The molecule has 1 aliphatic rings. The van der Waals surface area contributed by atoms with Gasteiger partial charge in [-0.25, -0.2) is 19.6 Å². The van der Waals surface area contributed by atoms with E-state index in [-0.39, 0.29) is 6.04 Å². The quantitative estimate of drug-likeness (QED) is 0.600. The van der Waals surface area contributed by atoms with Gasteiger partial charge in [-0.2, -0.15) is 5.10 Å². The molecular formula is C19H19N7O. The second kappa shape index (κ2) is 6.81. The van der Waals surface area contributed by atoms with Gasteiger partial charge in [0.15, 0.2) is 5.82 Å². The number of rotatable bonds is 4. The summed E-state index contributed by atoms with van der Waals surface area (Å²) >= 11 is 0. The van der Waals surface area contributed by atoms with Crippen LogP contribution in [0.4, 0.5) is 5.82 Å². The molecule has 1 aromatic carbocycles. The number of hydrogen-bond acceptors (Lipinski definition) is 6. The van der Waals surface area contributed by atoms with Gasteiger partial charge in [-0.05, 0) is 11.6 Å². The van der Waals surface area contributed by atoms with Crippen molar-refractivity contribution in [2.24, 2.45) is 0 Å². The van der Waals surface area contributed by atoms with Gasteiger partial charge in [-0.15, -0.1) is 0 Å². The maximum absolute atomic E-state index is 5.73. The minimum Gasteiger partial charge on any atom is -0.377 e. The van der Waals surface area contributed by atoms with Crippen molar-refractivity contribution in [1.82, 2.24) is 29.7 Å². The Morgan fingerprint density at radius 2 is 2.04 bits per heavy atom. The van der Waals surface area contributed by atoms with Crippen molar-refractivity contribution in [2.45, 2.75) is 12.6 Å². The zero-order valence-electron chi connectivity index (χ0n) is 14.7. The first-order valence-electron chi connectivity index (χ1n) is 8.94. The van der Waals surface area contributed by atoms with Gasteiger partial charge in [0.1, 0.15) is 30.2 Å². The number of ether oxygens (including phenoxy) is 1. The fourth-order valence-corrected chi connectivity index (χ4v) is 3.47. The molecule has 0 spiro atoms. The largest absolute Gasteiger partial charge is 0.377 e. The van der Waals surface area contributed by atoms with E-state index in [4.69, 9.17) is 9.84 Å². The third-order valence-corrected chi connectivity index (χ3v) is 4.77. The Kier molecular flexibility index (Phi) is 4.02. The van der Waals surface area contributed by atoms with Gasteiger partial charge in [-0.1, -0.05) is 30.3 Å². The van der Waals surface area contributed by atoms with Crippen LogP contribution in [0.2, 0.25) is 0 Å². The molecule has 1 atom stereocenters. The lowest BCUT2D eigenvalue weighted by molar-refractivity contribution is 0.0914. The van der Waals surface area contributed by atoms with E-state index in [1.807, 2.05) is 35.1 Å². The van der Waals surface area contributed by atoms with E-state index in [0.29, 0.717) is 19.8 Å². The third-order valence-electron chi connectivity index (χ3n) is 4.77. The first kappa shape index (κ1) is 16.0. The third kappa shape index (κ3) is 3.04. The van der Waals surface area contributed by atoms with Gasteiger partial charge in [0, 0.05) is 12.7 Å². The summed E-state index contributed by atoms with van der Waals surface area (Å²) in [5.74, 6) is 1.63. The fraction of sp³-hybridized carbons (Fsp3) is 0.263. The fourth-order valence-electron chi connectivity index (χ4n) is 3.47. The van der Waals surface area contributed by atoms with Crippen LogP contribution in [0.15, 0.2) is 55.2 Å². The SMILES string of the molecule is c1ccc(Cn2cnc(C3COCCN3c3ncnc4[nH]ccc34)n2)cc1. The molecule has 5 rings (SSSR count). The number of anilines is 1. The Bertz CT molecular complexity index is 1040. The van der Waals surface area contributed by atoms with Crippen molar-refractivity contribution >= 4 is 16.9 Å². The van der Waals surface area contributed by atoms with Gasteiger partial charge < -0.3 is 14.6 Å². The molecule has 1 fully saturated rings. The Hall–Kier alpha value is -3.26. The number of H-pyrrole nitrogens is 1. The molecule has 0 aliphatic carbocycles. The predicted molar refractivity (Wildman–Crippen MR) is 100 cm³/mol. The van der Waals surface area contributed by atoms with Crippen molar-refractivity contribution in [3.63, 3.8) is 0 Å². The number of nitrogens with zero attached hydrogens (tertiary/aromatic N) is 6. The minimum atomic E-state index is -0.0798. The molecule has 0 radical (unpaired) electrons. The topological polar surface area (TPSA) is 84.8 Å². The second-order valence-corrected chi connectivity index (χ2v) is 6.51. The van der Waals surface area contributed by atoms with Gasteiger partial charge >= 0.3 is 0 Å². The summed E-state index contributed by atoms with van der Waals surface area (Å²) < 4.78 is 7.59. The molecule has 1 saturated heterocycles. The summed E-state index contributed by atoms with van der Waals surface area (Å²) in [4.78, 5) is 18.7. The molecule has 4 aromatic rings. The summed E-state index contributed by atoms with van der Waals surface area (Å²) in [7, 11) is 0. The number of nitrogens with one attached hydrogen (secondary N) is 1. The van der Waals surface area contributed by atoms with E-state index in [2.05, 4.69) is 37.0 Å². The summed E-state index contributed by atoms with van der Waals surface area (Å²) in [5.41, 5.74) is 2.02. The molecule has 8 heteroatoms. The number of aromatic amines is 1. The Labute approximate surface area is 155 Å². The van der Waals surface area contributed by atoms with E-state index < -0.39 is 0 Å². The Balaban J connectivity index is 1.45. The molecule has 0 amide bonds. The lowest BCUT2D eigenvalue weighted by Crippen LogP contribution is -2.40. The lowest BCUT2D eigenvalue weighted by Gasteiger charge is -2.35. The maximum atomic E-state index is 5.73. The van der Waals surface area contributed by atoms with E-state index >= 15 is 0 Å². The average molecular weight is 361 g/mol. The molecule has 3 aromatic heterocycles. The Morgan fingerprint density at radius 3 is 2.96 bits per heavy atom. The molecule has 27 heavy (non-hydrogen) atoms. The highest BCUT2D eigenvalue weighted by atomic mass is 16.5. The van der Waals surface area contributed by atoms with Crippen LogP contribution in [-0.2, 0) is 11.3 Å². The van der Waals surface area contributed by atoms with Crippen LogP contribution in [0.1, 0.15) is 17.4 Å². The number of benzene rings is 1. The molecule has 1 aliphatic heterocycles. The first-order chi connectivity index (χ1) is 13.4. The van der Waals surface area contributed by atoms with Crippen LogP contribution >= 0.6 is 0 Å². The van der Waals surface area contributed by atoms with Crippen molar-refractivity contribution in [3.05, 3.63) is 66.6 Å². The van der Waals surface area contributed by atoms with Crippen molar-refractivity contribution in [1.29, 1.82) is 0 Å².